The van der Waals surface area contributed by atoms with E-state index in [-0.39, 0.29) is 11.9 Å². The molecule has 2 heterocycles. The molecular weight excluding hydrogens is 383 g/mol. The molecule has 152 valence electrons. The van der Waals surface area contributed by atoms with Crippen LogP contribution in [0.2, 0.25) is 0 Å². The number of aryl methyl sites for hydroxylation is 1. The Hall–Kier alpha value is -3.55. The zero-order chi connectivity index (χ0) is 20.7. The number of nitrogens with one attached hydrogen (secondary N) is 2. The number of fused-ring (bicyclic) bond motifs is 1. The van der Waals surface area contributed by atoms with Crippen molar-refractivity contribution in [2.24, 2.45) is 0 Å². The van der Waals surface area contributed by atoms with Gasteiger partial charge >= 0.3 is 0 Å². The van der Waals surface area contributed by atoms with Gasteiger partial charge in [0.2, 0.25) is 11.8 Å². The van der Waals surface area contributed by atoms with E-state index in [0.29, 0.717) is 29.5 Å². The molecule has 7 nitrogen and oxygen atoms in total. The first kappa shape index (κ1) is 18.5. The second-order valence-corrected chi connectivity index (χ2v) is 7.60. The van der Waals surface area contributed by atoms with Gasteiger partial charge in [-0.15, -0.1) is 0 Å². The molecule has 1 aliphatic rings. The van der Waals surface area contributed by atoms with Crippen LogP contribution in [0, 0.1) is 12.7 Å². The number of rotatable bonds is 6. The topological polar surface area (TPSA) is 88.8 Å². The van der Waals surface area contributed by atoms with Crippen molar-refractivity contribution in [3.05, 3.63) is 60.0 Å². The van der Waals surface area contributed by atoms with Crippen LogP contribution in [0.5, 0.6) is 0 Å². The zero-order valence-corrected chi connectivity index (χ0v) is 16.7. The van der Waals surface area contributed by atoms with Crippen molar-refractivity contribution in [3.63, 3.8) is 0 Å². The average molecular weight is 404 g/mol. The number of benzene rings is 2. The van der Waals surface area contributed by atoms with Crippen LogP contribution in [-0.2, 0) is 0 Å². The molecule has 0 radical (unpaired) electrons. The van der Waals surface area contributed by atoms with Gasteiger partial charge in [0.05, 0.1) is 5.52 Å². The molecule has 1 saturated carbocycles. The fraction of sp³-hybridized carbons (Fsp3) is 0.273. The van der Waals surface area contributed by atoms with Gasteiger partial charge < -0.3 is 15.2 Å². The summed E-state index contributed by atoms with van der Waals surface area (Å²) in [4.78, 5) is 13.7. The van der Waals surface area contributed by atoms with Crippen molar-refractivity contribution < 1.29 is 8.91 Å². The van der Waals surface area contributed by atoms with Gasteiger partial charge in [0, 0.05) is 11.4 Å². The average Bonchev–Trinajstić information content (AvgIpc) is 3.44. The van der Waals surface area contributed by atoms with Crippen molar-refractivity contribution in [2.75, 3.05) is 10.6 Å². The molecule has 2 aromatic carbocycles. The highest BCUT2D eigenvalue weighted by molar-refractivity contribution is 5.93. The van der Waals surface area contributed by atoms with Gasteiger partial charge in [-0.3, -0.25) is 0 Å². The van der Waals surface area contributed by atoms with Gasteiger partial charge in [0.1, 0.15) is 17.7 Å². The highest BCUT2D eigenvalue weighted by Gasteiger charge is 2.23. The van der Waals surface area contributed by atoms with E-state index in [2.05, 4.69) is 25.8 Å². The molecule has 1 unspecified atom stereocenters. The first-order valence-electron chi connectivity index (χ1n) is 9.96. The minimum Gasteiger partial charge on any atom is -0.358 e. The molecule has 5 rings (SSSR count). The Kier molecular flexibility index (Phi) is 4.54. The molecule has 1 fully saturated rings. The molecule has 2 aromatic heterocycles. The van der Waals surface area contributed by atoms with Crippen LogP contribution >= 0.6 is 0 Å². The summed E-state index contributed by atoms with van der Waals surface area (Å²) in [6.45, 7) is 3.73. The summed E-state index contributed by atoms with van der Waals surface area (Å²) < 4.78 is 18.6. The Morgan fingerprint density at radius 1 is 1.03 bits per heavy atom. The summed E-state index contributed by atoms with van der Waals surface area (Å²) in [7, 11) is 0. The molecule has 0 spiro atoms. The summed E-state index contributed by atoms with van der Waals surface area (Å²) in [5.41, 5.74) is 2.69. The summed E-state index contributed by atoms with van der Waals surface area (Å²) in [6.07, 6.45) is 2.26. The minimum atomic E-state index is -0.260. The lowest BCUT2D eigenvalue weighted by molar-refractivity contribution is 0.364. The molecular formula is C22H21FN6O. The Morgan fingerprint density at radius 2 is 1.80 bits per heavy atom. The summed E-state index contributed by atoms with van der Waals surface area (Å²) in [5, 5.41) is 11.5. The maximum atomic E-state index is 13.3. The summed E-state index contributed by atoms with van der Waals surface area (Å²) >= 11 is 0. The van der Waals surface area contributed by atoms with E-state index in [0.717, 1.165) is 34.9 Å². The van der Waals surface area contributed by atoms with Crippen LogP contribution < -0.4 is 10.6 Å². The Bertz CT molecular complexity index is 1200. The van der Waals surface area contributed by atoms with Crippen LogP contribution in [0.3, 0.4) is 0 Å². The third-order valence-corrected chi connectivity index (χ3v) is 5.05. The van der Waals surface area contributed by atoms with E-state index in [1.807, 2.05) is 25.1 Å². The maximum absolute atomic E-state index is 13.3. The number of halogens is 1. The van der Waals surface area contributed by atoms with E-state index >= 15 is 0 Å². The Balaban J connectivity index is 1.56. The van der Waals surface area contributed by atoms with Gasteiger partial charge in [-0.2, -0.15) is 9.97 Å². The minimum absolute atomic E-state index is 0.229. The lowest BCUT2D eigenvalue weighted by atomic mass is 10.0. The second-order valence-electron chi connectivity index (χ2n) is 7.60. The quantitative estimate of drug-likeness (QED) is 0.474. The number of aromatic nitrogens is 4. The third kappa shape index (κ3) is 3.80. The van der Waals surface area contributed by atoms with E-state index in [9.17, 15) is 4.39 Å². The summed E-state index contributed by atoms with van der Waals surface area (Å²) in [6, 6.07) is 12.6. The molecule has 0 amide bonds. The number of hydrogen-bond acceptors (Lipinski definition) is 7. The van der Waals surface area contributed by atoms with Crippen molar-refractivity contribution in [1.82, 2.24) is 20.1 Å². The lowest BCUT2D eigenvalue weighted by Crippen LogP contribution is -2.12. The highest BCUT2D eigenvalue weighted by atomic mass is 19.1. The van der Waals surface area contributed by atoms with Crippen molar-refractivity contribution in [3.8, 4) is 11.1 Å². The summed E-state index contributed by atoms with van der Waals surface area (Å²) in [5.74, 6) is 2.09. The van der Waals surface area contributed by atoms with Crippen LogP contribution in [0.15, 0.2) is 47.0 Å². The van der Waals surface area contributed by atoms with Crippen molar-refractivity contribution in [2.45, 2.75) is 38.8 Å². The standard InChI is InChI=1S/C22H21FN6O/c1-12(21-25-13(2)29-30-21)24-20-18-11-15(14-3-6-16(23)7-4-14)5-10-19(18)27-22(28-20)26-17-8-9-17/h3-7,10-12,17H,8-9H2,1-2H3,(H2,24,26,27,28). The number of hydrogen-bond donors (Lipinski definition) is 2. The van der Waals surface area contributed by atoms with Crippen LogP contribution in [0.4, 0.5) is 16.2 Å². The van der Waals surface area contributed by atoms with Gasteiger partial charge in [0.25, 0.3) is 0 Å². The van der Waals surface area contributed by atoms with Gasteiger partial charge in [0.15, 0.2) is 5.82 Å². The molecule has 1 aliphatic carbocycles. The van der Waals surface area contributed by atoms with Gasteiger partial charge in [-0.1, -0.05) is 23.4 Å². The van der Waals surface area contributed by atoms with E-state index in [1.165, 1.54) is 12.1 Å². The van der Waals surface area contributed by atoms with Gasteiger partial charge in [-0.05, 0) is 62.1 Å². The van der Waals surface area contributed by atoms with Crippen LogP contribution in [0.1, 0.15) is 37.5 Å². The predicted octanol–water partition coefficient (Wildman–Crippen LogP) is 4.87. The van der Waals surface area contributed by atoms with Gasteiger partial charge in [-0.25, -0.2) is 9.37 Å². The first-order chi connectivity index (χ1) is 14.5. The fourth-order valence-corrected chi connectivity index (χ4v) is 3.29. The van der Waals surface area contributed by atoms with E-state index < -0.39 is 0 Å². The molecule has 0 bridgehead atoms. The Morgan fingerprint density at radius 3 is 2.50 bits per heavy atom. The third-order valence-electron chi connectivity index (χ3n) is 5.05. The number of nitrogens with zero attached hydrogens (tertiary/aromatic N) is 4. The Labute approximate surface area is 172 Å². The zero-order valence-electron chi connectivity index (χ0n) is 16.7. The van der Waals surface area contributed by atoms with E-state index in [4.69, 9.17) is 9.51 Å². The maximum Gasteiger partial charge on any atom is 0.248 e. The highest BCUT2D eigenvalue weighted by Crippen LogP contribution is 2.31. The number of anilines is 2. The molecule has 8 heteroatoms. The SMILES string of the molecule is Cc1noc(C(C)Nc2nc(NC3CC3)nc3ccc(-c4ccc(F)cc4)cc23)n1. The second kappa shape index (κ2) is 7.37. The van der Waals surface area contributed by atoms with Crippen molar-refractivity contribution >= 4 is 22.7 Å². The molecule has 0 aliphatic heterocycles. The molecule has 1 atom stereocenters. The normalized spacial score (nSPS) is 14.6. The van der Waals surface area contributed by atoms with Crippen molar-refractivity contribution in [1.29, 1.82) is 0 Å². The smallest absolute Gasteiger partial charge is 0.248 e. The predicted molar refractivity (Wildman–Crippen MR) is 113 cm³/mol. The first-order valence-corrected chi connectivity index (χ1v) is 9.96. The lowest BCUT2D eigenvalue weighted by Gasteiger charge is -2.15. The van der Waals surface area contributed by atoms with Crippen LogP contribution in [-0.4, -0.2) is 26.2 Å². The molecule has 2 N–H and O–H groups in total. The fourth-order valence-electron chi connectivity index (χ4n) is 3.29. The molecule has 0 saturated heterocycles. The monoisotopic (exact) mass is 404 g/mol. The largest absolute Gasteiger partial charge is 0.358 e. The van der Waals surface area contributed by atoms with Crippen LogP contribution in [0.25, 0.3) is 22.0 Å². The molecule has 30 heavy (non-hydrogen) atoms. The molecule has 4 aromatic rings. The van der Waals surface area contributed by atoms with E-state index in [1.54, 1.807) is 19.1 Å².